The Labute approximate surface area is 182 Å². The van der Waals surface area contributed by atoms with E-state index in [1.807, 2.05) is 11.8 Å². The van der Waals surface area contributed by atoms with Gasteiger partial charge in [-0.25, -0.2) is 8.42 Å². The Morgan fingerprint density at radius 2 is 1.71 bits per heavy atom. The van der Waals surface area contributed by atoms with Gasteiger partial charge in [-0.1, -0.05) is 17.7 Å². The SMILES string of the molecule is Cc1ccc(S(=O)(=O)N2CCCN(CC(=O)Nc3ccc4c(c3)OCCO4)CC2)cc1. The summed E-state index contributed by atoms with van der Waals surface area (Å²) in [6.45, 7) is 5.09. The molecule has 2 aliphatic heterocycles. The Hall–Kier alpha value is -2.62. The van der Waals surface area contributed by atoms with Crippen molar-refractivity contribution in [1.29, 1.82) is 0 Å². The second-order valence-corrected chi connectivity index (χ2v) is 9.69. The van der Waals surface area contributed by atoms with Crippen LogP contribution in [0.3, 0.4) is 0 Å². The van der Waals surface area contributed by atoms with Gasteiger partial charge in [-0.05, 0) is 44.2 Å². The van der Waals surface area contributed by atoms with Crippen molar-refractivity contribution < 1.29 is 22.7 Å². The molecule has 0 unspecified atom stereocenters. The Bertz CT molecular complexity index is 1040. The van der Waals surface area contributed by atoms with Gasteiger partial charge in [-0.2, -0.15) is 4.31 Å². The second-order valence-electron chi connectivity index (χ2n) is 7.75. The van der Waals surface area contributed by atoms with Crippen LogP contribution in [0.1, 0.15) is 12.0 Å². The van der Waals surface area contributed by atoms with Crippen molar-refractivity contribution in [2.24, 2.45) is 0 Å². The minimum atomic E-state index is -3.53. The van der Waals surface area contributed by atoms with Crippen molar-refractivity contribution in [3.05, 3.63) is 48.0 Å². The number of benzene rings is 2. The lowest BCUT2D eigenvalue weighted by Crippen LogP contribution is -2.38. The topological polar surface area (TPSA) is 88.2 Å². The molecule has 0 spiro atoms. The predicted molar refractivity (Wildman–Crippen MR) is 117 cm³/mol. The van der Waals surface area contributed by atoms with Gasteiger partial charge in [0, 0.05) is 31.4 Å². The number of nitrogens with zero attached hydrogens (tertiary/aromatic N) is 2. The molecule has 31 heavy (non-hydrogen) atoms. The molecule has 2 aliphatic rings. The van der Waals surface area contributed by atoms with Gasteiger partial charge in [0.05, 0.1) is 11.4 Å². The minimum absolute atomic E-state index is 0.147. The van der Waals surface area contributed by atoms with Crippen molar-refractivity contribution in [3.63, 3.8) is 0 Å². The number of fused-ring (bicyclic) bond motifs is 1. The molecule has 2 aromatic carbocycles. The molecule has 1 saturated heterocycles. The van der Waals surface area contributed by atoms with Gasteiger partial charge in [0.15, 0.2) is 11.5 Å². The van der Waals surface area contributed by atoms with Crippen molar-refractivity contribution in [3.8, 4) is 11.5 Å². The molecule has 0 saturated carbocycles. The summed E-state index contributed by atoms with van der Waals surface area (Å²) < 4.78 is 38.4. The van der Waals surface area contributed by atoms with Gasteiger partial charge in [0.1, 0.15) is 13.2 Å². The van der Waals surface area contributed by atoms with E-state index >= 15 is 0 Å². The van der Waals surface area contributed by atoms with Gasteiger partial charge in [-0.15, -0.1) is 0 Å². The van der Waals surface area contributed by atoms with Crippen LogP contribution < -0.4 is 14.8 Å². The first-order valence-electron chi connectivity index (χ1n) is 10.4. The van der Waals surface area contributed by atoms with E-state index in [9.17, 15) is 13.2 Å². The third kappa shape index (κ3) is 5.17. The van der Waals surface area contributed by atoms with Crippen molar-refractivity contribution in [2.75, 3.05) is 51.3 Å². The van der Waals surface area contributed by atoms with Gasteiger partial charge in [0.2, 0.25) is 15.9 Å². The molecule has 0 radical (unpaired) electrons. The number of aryl methyl sites for hydroxylation is 1. The van der Waals surface area contributed by atoms with E-state index in [0.717, 1.165) is 5.56 Å². The van der Waals surface area contributed by atoms with E-state index < -0.39 is 10.0 Å². The fourth-order valence-electron chi connectivity index (χ4n) is 3.73. The third-order valence-electron chi connectivity index (χ3n) is 5.40. The maximum atomic E-state index is 12.9. The van der Waals surface area contributed by atoms with Crippen LogP contribution in [0.15, 0.2) is 47.4 Å². The predicted octanol–water partition coefficient (Wildman–Crippen LogP) is 2.10. The molecule has 0 bridgehead atoms. The number of hydrogen-bond acceptors (Lipinski definition) is 6. The van der Waals surface area contributed by atoms with Gasteiger partial charge in [-0.3, -0.25) is 9.69 Å². The lowest BCUT2D eigenvalue weighted by atomic mass is 10.2. The first kappa shape index (κ1) is 21.6. The Morgan fingerprint density at radius 3 is 2.48 bits per heavy atom. The smallest absolute Gasteiger partial charge is 0.243 e. The number of nitrogens with one attached hydrogen (secondary N) is 1. The average molecular weight is 446 g/mol. The van der Waals surface area contributed by atoms with E-state index in [-0.39, 0.29) is 12.5 Å². The zero-order valence-electron chi connectivity index (χ0n) is 17.5. The van der Waals surface area contributed by atoms with E-state index in [2.05, 4.69) is 5.32 Å². The molecule has 1 fully saturated rings. The highest BCUT2D eigenvalue weighted by Gasteiger charge is 2.27. The van der Waals surface area contributed by atoms with Crippen LogP contribution in [-0.4, -0.2) is 69.5 Å². The summed E-state index contributed by atoms with van der Waals surface area (Å²) in [6, 6.07) is 12.2. The largest absolute Gasteiger partial charge is 0.486 e. The number of carbonyl (C=O) groups excluding carboxylic acids is 1. The Kier molecular flexibility index (Phi) is 6.45. The van der Waals surface area contributed by atoms with Crippen LogP contribution in [0, 0.1) is 6.92 Å². The number of hydrogen-bond donors (Lipinski definition) is 1. The van der Waals surface area contributed by atoms with Crippen LogP contribution in [0.2, 0.25) is 0 Å². The summed E-state index contributed by atoms with van der Waals surface area (Å²) in [5, 5.41) is 2.88. The average Bonchev–Trinajstić information content (AvgIpc) is 3.00. The molecule has 9 heteroatoms. The van der Waals surface area contributed by atoms with Gasteiger partial charge < -0.3 is 14.8 Å². The number of amides is 1. The van der Waals surface area contributed by atoms with E-state index in [0.29, 0.717) is 67.9 Å². The van der Waals surface area contributed by atoms with Crippen molar-refractivity contribution >= 4 is 21.6 Å². The van der Waals surface area contributed by atoms with E-state index in [1.54, 1.807) is 42.5 Å². The summed E-state index contributed by atoms with van der Waals surface area (Å²) in [6.07, 6.45) is 0.669. The van der Waals surface area contributed by atoms with Crippen molar-refractivity contribution in [1.82, 2.24) is 9.21 Å². The summed E-state index contributed by atoms with van der Waals surface area (Å²) >= 11 is 0. The summed E-state index contributed by atoms with van der Waals surface area (Å²) in [5.41, 5.74) is 1.66. The van der Waals surface area contributed by atoms with Crippen LogP contribution >= 0.6 is 0 Å². The lowest BCUT2D eigenvalue weighted by molar-refractivity contribution is -0.117. The van der Waals surface area contributed by atoms with Gasteiger partial charge >= 0.3 is 0 Å². The maximum absolute atomic E-state index is 12.9. The first-order valence-corrected chi connectivity index (χ1v) is 11.8. The van der Waals surface area contributed by atoms with Crippen LogP contribution in [0.25, 0.3) is 0 Å². The van der Waals surface area contributed by atoms with Crippen LogP contribution in [0.5, 0.6) is 11.5 Å². The Balaban J connectivity index is 1.33. The quantitative estimate of drug-likeness (QED) is 0.758. The highest BCUT2D eigenvalue weighted by molar-refractivity contribution is 7.89. The molecule has 1 N–H and O–H groups in total. The normalized spacial score (nSPS) is 17.7. The second kappa shape index (κ2) is 9.25. The standard InChI is InChI=1S/C22H27N3O5S/c1-17-3-6-19(7-4-17)31(27,28)25-10-2-9-24(11-12-25)16-22(26)23-18-5-8-20-21(15-18)30-14-13-29-20/h3-8,15H,2,9-14,16H2,1H3,(H,23,26). The molecular weight excluding hydrogens is 418 g/mol. The van der Waals surface area contributed by atoms with Gasteiger partial charge in [0.25, 0.3) is 0 Å². The zero-order valence-corrected chi connectivity index (χ0v) is 18.4. The van der Waals surface area contributed by atoms with Crippen LogP contribution in [0.4, 0.5) is 5.69 Å². The van der Waals surface area contributed by atoms with E-state index in [1.165, 1.54) is 4.31 Å². The fraction of sp³-hybridized carbons (Fsp3) is 0.409. The number of sulfonamides is 1. The van der Waals surface area contributed by atoms with E-state index in [4.69, 9.17) is 9.47 Å². The molecule has 2 heterocycles. The monoisotopic (exact) mass is 445 g/mol. The highest BCUT2D eigenvalue weighted by atomic mass is 32.2. The summed E-state index contributed by atoms with van der Waals surface area (Å²) in [4.78, 5) is 14.8. The molecule has 2 aromatic rings. The first-order chi connectivity index (χ1) is 14.9. The third-order valence-corrected chi connectivity index (χ3v) is 7.31. The number of rotatable bonds is 5. The van der Waals surface area contributed by atoms with Crippen LogP contribution in [-0.2, 0) is 14.8 Å². The lowest BCUT2D eigenvalue weighted by Gasteiger charge is -2.22. The number of carbonyl (C=O) groups is 1. The Morgan fingerprint density at radius 1 is 0.968 bits per heavy atom. The summed E-state index contributed by atoms with van der Waals surface area (Å²) in [7, 11) is -3.53. The molecule has 4 rings (SSSR count). The maximum Gasteiger partial charge on any atom is 0.243 e. The minimum Gasteiger partial charge on any atom is -0.486 e. The molecule has 0 aliphatic carbocycles. The molecular formula is C22H27N3O5S. The molecule has 8 nitrogen and oxygen atoms in total. The van der Waals surface area contributed by atoms with Crippen molar-refractivity contribution in [2.45, 2.75) is 18.2 Å². The molecule has 0 aromatic heterocycles. The molecule has 1 amide bonds. The fourth-order valence-corrected chi connectivity index (χ4v) is 5.20. The summed E-state index contributed by atoms with van der Waals surface area (Å²) in [5.74, 6) is 1.15. The zero-order chi connectivity index (χ0) is 21.8. The molecule has 0 atom stereocenters. The number of anilines is 1. The number of ether oxygens (including phenoxy) is 2. The highest BCUT2D eigenvalue weighted by Crippen LogP contribution is 2.32. The molecule has 166 valence electrons.